The molecular weight excluding hydrogens is 318 g/mol. The van der Waals surface area contributed by atoms with E-state index in [0.29, 0.717) is 16.6 Å². The summed E-state index contributed by atoms with van der Waals surface area (Å²) in [6.07, 6.45) is 1.78. The van der Waals surface area contributed by atoms with Crippen LogP contribution in [0.4, 0.5) is 5.69 Å². The van der Waals surface area contributed by atoms with Crippen molar-refractivity contribution in [2.45, 2.75) is 27.3 Å². The van der Waals surface area contributed by atoms with Gasteiger partial charge in [0, 0.05) is 23.2 Å². The lowest BCUT2D eigenvalue weighted by atomic mass is 10.0. The van der Waals surface area contributed by atoms with Crippen molar-refractivity contribution in [2.24, 2.45) is 5.92 Å². The summed E-state index contributed by atoms with van der Waals surface area (Å²) in [6.45, 7) is 11.3. The first-order valence-electron chi connectivity index (χ1n) is 8.10. The first kappa shape index (κ1) is 16.6. The number of hydrogen-bond donors (Lipinski definition) is 1. The molecule has 0 saturated carbocycles. The number of nitrogen functional groups attached to an aromatic ring is 1. The second-order valence-electron chi connectivity index (χ2n) is 6.51. The van der Waals surface area contributed by atoms with Gasteiger partial charge in [0.05, 0.1) is 16.4 Å². The Kier molecular flexibility index (Phi) is 4.37. The molecule has 0 aliphatic heterocycles. The fourth-order valence-corrected chi connectivity index (χ4v) is 3.24. The van der Waals surface area contributed by atoms with Gasteiger partial charge < -0.3 is 10.3 Å². The van der Waals surface area contributed by atoms with Gasteiger partial charge in [0.1, 0.15) is 5.65 Å². The number of fused-ring (bicyclic) bond motifs is 1. The largest absolute Gasteiger partial charge is 0.398 e. The molecule has 0 unspecified atom stereocenters. The van der Waals surface area contributed by atoms with Crippen molar-refractivity contribution >= 4 is 34.4 Å². The quantitative estimate of drug-likeness (QED) is 0.633. The van der Waals surface area contributed by atoms with Gasteiger partial charge in [-0.05, 0) is 48.7 Å². The van der Waals surface area contributed by atoms with E-state index in [4.69, 9.17) is 22.3 Å². The van der Waals surface area contributed by atoms with Crippen molar-refractivity contribution < 1.29 is 0 Å². The molecule has 24 heavy (non-hydrogen) atoms. The summed E-state index contributed by atoms with van der Waals surface area (Å²) in [5.74, 6) is 0.525. The van der Waals surface area contributed by atoms with Crippen molar-refractivity contribution in [3.63, 3.8) is 0 Å². The molecule has 2 aromatic heterocycles. The lowest BCUT2D eigenvalue weighted by molar-refractivity contribution is 0.525. The summed E-state index contributed by atoms with van der Waals surface area (Å²) < 4.78 is 2.28. The number of aromatic nitrogens is 2. The maximum Gasteiger partial charge on any atom is 0.141 e. The minimum atomic E-state index is 0.525. The zero-order valence-corrected chi connectivity index (χ0v) is 15.1. The monoisotopic (exact) mass is 339 g/mol. The normalized spacial score (nSPS) is 11.4. The summed E-state index contributed by atoms with van der Waals surface area (Å²) in [5.41, 5.74) is 11.9. The summed E-state index contributed by atoms with van der Waals surface area (Å²) in [7, 11) is 0. The van der Waals surface area contributed by atoms with Gasteiger partial charge in [-0.2, -0.15) is 0 Å². The van der Waals surface area contributed by atoms with Crippen molar-refractivity contribution in [1.82, 2.24) is 9.55 Å². The second-order valence-corrected chi connectivity index (χ2v) is 6.92. The first-order valence-corrected chi connectivity index (χ1v) is 8.47. The van der Waals surface area contributed by atoms with Crippen LogP contribution in [0.5, 0.6) is 0 Å². The minimum absolute atomic E-state index is 0.525. The molecular formula is C20H22ClN3. The second kappa shape index (κ2) is 6.33. The van der Waals surface area contributed by atoms with Gasteiger partial charge in [-0.25, -0.2) is 4.98 Å². The van der Waals surface area contributed by atoms with E-state index in [1.807, 2.05) is 24.3 Å². The highest BCUT2D eigenvalue weighted by molar-refractivity contribution is 6.33. The highest BCUT2D eigenvalue weighted by Gasteiger charge is 2.18. The standard InChI is InChI=1S/C20H22ClN3/c1-5-15-7-8-16-19(14-6-9-17(21)18(22)10-14)13(4)24(11-12(2)3)20(16)23-15/h5-10,12H,1,11,22H2,2-4H3. The Morgan fingerprint density at radius 3 is 2.67 bits per heavy atom. The van der Waals surface area contributed by atoms with Crippen molar-refractivity contribution in [2.75, 3.05) is 5.73 Å². The number of rotatable bonds is 4. The van der Waals surface area contributed by atoms with Gasteiger partial charge in [0.2, 0.25) is 0 Å². The van der Waals surface area contributed by atoms with Crippen LogP contribution >= 0.6 is 11.6 Å². The maximum atomic E-state index is 6.09. The molecule has 0 amide bonds. The molecule has 3 aromatic rings. The first-order chi connectivity index (χ1) is 11.4. The number of nitrogens with zero attached hydrogens (tertiary/aromatic N) is 2. The van der Waals surface area contributed by atoms with Crippen LogP contribution in [0.3, 0.4) is 0 Å². The van der Waals surface area contributed by atoms with Crippen LogP contribution in [0.1, 0.15) is 25.2 Å². The van der Waals surface area contributed by atoms with Crippen LogP contribution in [-0.4, -0.2) is 9.55 Å². The molecule has 3 rings (SSSR count). The number of nitrogens with two attached hydrogens (primary N) is 1. The van der Waals surface area contributed by atoms with Gasteiger partial charge in [-0.3, -0.25) is 0 Å². The Bertz CT molecular complexity index is 922. The third kappa shape index (κ3) is 2.80. The van der Waals surface area contributed by atoms with E-state index >= 15 is 0 Å². The molecule has 4 heteroatoms. The van der Waals surface area contributed by atoms with Gasteiger partial charge in [0.25, 0.3) is 0 Å². The lowest BCUT2D eigenvalue weighted by Crippen LogP contribution is -2.07. The van der Waals surface area contributed by atoms with E-state index in [-0.39, 0.29) is 0 Å². The summed E-state index contributed by atoms with van der Waals surface area (Å²) >= 11 is 6.09. The molecule has 2 heterocycles. The lowest BCUT2D eigenvalue weighted by Gasteiger charge is -2.11. The molecule has 0 bridgehead atoms. The molecule has 0 aliphatic carbocycles. The number of anilines is 1. The summed E-state index contributed by atoms with van der Waals surface area (Å²) in [4.78, 5) is 4.78. The van der Waals surface area contributed by atoms with Gasteiger partial charge in [0.15, 0.2) is 0 Å². The highest BCUT2D eigenvalue weighted by atomic mass is 35.5. The van der Waals surface area contributed by atoms with Crippen LogP contribution in [0.25, 0.3) is 28.2 Å². The smallest absolute Gasteiger partial charge is 0.141 e. The Morgan fingerprint density at radius 1 is 1.29 bits per heavy atom. The SMILES string of the molecule is C=Cc1ccc2c(-c3ccc(Cl)c(N)c3)c(C)n(CC(C)C)c2n1. The average molecular weight is 340 g/mol. The Labute approximate surface area is 147 Å². The van der Waals surface area contributed by atoms with Crippen LogP contribution in [-0.2, 0) is 6.54 Å². The highest BCUT2D eigenvalue weighted by Crippen LogP contribution is 2.36. The van der Waals surface area contributed by atoms with Crippen molar-refractivity contribution in [3.8, 4) is 11.1 Å². The van der Waals surface area contributed by atoms with Crippen molar-refractivity contribution in [3.05, 3.63) is 53.3 Å². The molecule has 2 N–H and O–H groups in total. The van der Waals surface area contributed by atoms with Crippen LogP contribution < -0.4 is 5.73 Å². The minimum Gasteiger partial charge on any atom is -0.398 e. The molecule has 0 radical (unpaired) electrons. The molecule has 0 saturated heterocycles. The van der Waals surface area contributed by atoms with Crippen LogP contribution in [0, 0.1) is 12.8 Å². The molecule has 0 spiro atoms. The molecule has 3 nitrogen and oxygen atoms in total. The van der Waals surface area contributed by atoms with E-state index in [1.165, 1.54) is 5.69 Å². The van der Waals surface area contributed by atoms with E-state index in [9.17, 15) is 0 Å². The average Bonchev–Trinajstić information content (AvgIpc) is 2.81. The number of halogens is 1. The van der Waals surface area contributed by atoms with E-state index < -0.39 is 0 Å². The van der Waals surface area contributed by atoms with Crippen LogP contribution in [0.2, 0.25) is 5.02 Å². The summed E-state index contributed by atoms with van der Waals surface area (Å²) in [6, 6.07) is 9.91. The molecule has 0 fully saturated rings. The predicted octanol–water partition coefficient (Wildman–Crippen LogP) is 5.55. The maximum absolute atomic E-state index is 6.09. The summed E-state index contributed by atoms with van der Waals surface area (Å²) in [5, 5.41) is 1.70. The van der Waals surface area contributed by atoms with E-state index in [1.54, 1.807) is 6.08 Å². The molecule has 0 aliphatic rings. The third-order valence-corrected chi connectivity index (χ3v) is 4.57. The Hall–Kier alpha value is -2.26. The fraction of sp³-hybridized carbons (Fsp3) is 0.250. The topological polar surface area (TPSA) is 43.8 Å². The van der Waals surface area contributed by atoms with Crippen LogP contribution in [0.15, 0.2) is 36.9 Å². The number of benzene rings is 1. The van der Waals surface area contributed by atoms with E-state index in [2.05, 4.69) is 38.0 Å². The number of hydrogen-bond acceptors (Lipinski definition) is 2. The molecule has 0 atom stereocenters. The van der Waals surface area contributed by atoms with Gasteiger partial charge in [-0.15, -0.1) is 0 Å². The fourth-order valence-electron chi connectivity index (χ4n) is 3.12. The Morgan fingerprint density at radius 2 is 2.04 bits per heavy atom. The Balaban J connectivity index is 2.32. The van der Waals surface area contributed by atoms with Crippen molar-refractivity contribution in [1.29, 1.82) is 0 Å². The van der Waals surface area contributed by atoms with Gasteiger partial charge >= 0.3 is 0 Å². The number of pyridine rings is 1. The third-order valence-electron chi connectivity index (χ3n) is 4.23. The zero-order valence-electron chi connectivity index (χ0n) is 14.3. The molecule has 124 valence electrons. The van der Waals surface area contributed by atoms with Gasteiger partial charge in [-0.1, -0.05) is 38.1 Å². The predicted molar refractivity (Wildman–Crippen MR) is 104 cm³/mol. The zero-order chi connectivity index (χ0) is 17.4. The van der Waals surface area contributed by atoms with E-state index in [0.717, 1.165) is 34.4 Å². The molecule has 1 aromatic carbocycles.